The number of amides is 1. The summed E-state index contributed by atoms with van der Waals surface area (Å²) in [5.74, 6) is 0.691. The van der Waals surface area contributed by atoms with Gasteiger partial charge in [-0.1, -0.05) is 6.07 Å². The first kappa shape index (κ1) is 13.1. The van der Waals surface area contributed by atoms with E-state index < -0.39 is 0 Å². The Balaban J connectivity index is 2.59. The predicted molar refractivity (Wildman–Crippen MR) is 73.3 cm³/mol. The van der Waals surface area contributed by atoms with Gasteiger partial charge in [0.05, 0.1) is 5.69 Å². The number of aryl methyl sites for hydroxylation is 2. The van der Waals surface area contributed by atoms with Crippen LogP contribution in [0.1, 0.15) is 28.6 Å². The van der Waals surface area contributed by atoms with E-state index in [-0.39, 0.29) is 11.7 Å². The molecule has 1 amide bonds. The largest absolute Gasteiger partial charge is 0.453 e. The van der Waals surface area contributed by atoms with Crippen LogP contribution in [-0.4, -0.2) is 12.2 Å². The normalized spacial score (nSPS) is 10.3. The van der Waals surface area contributed by atoms with Crippen molar-refractivity contribution in [3.05, 3.63) is 41.2 Å². The van der Waals surface area contributed by atoms with Crippen LogP contribution >= 0.6 is 0 Å². The van der Waals surface area contributed by atoms with Crippen LogP contribution in [0.15, 0.2) is 28.7 Å². The Hall–Kier alpha value is -2.36. The first-order valence-electron chi connectivity index (χ1n) is 5.95. The third-order valence-corrected chi connectivity index (χ3v) is 2.79. The van der Waals surface area contributed by atoms with Gasteiger partial charge in [0, 0.05) is 12.5 Å². The van der Waals surface area contributed by atoms with Crippen molar-refractivity contribution in [3.8, 4) is 11.3 Å². The molecule has 19 heavy (non-hydrogen) atoms. The van der Waals surface area contributed by atoms with Crippen molar-refractivity contribution in [1.82, 2.24) is 0 Å². The van der Waals surface area contributed by atoms with Crippen molar-refractivity contribution in [2.75, 3.05) is 5.32 Å². The Labute approximate surface area is 111 Å². The molecular weight excluding hydrogens is 242 g/mol. The summed E-state index contributed by atoms with van der Waals surface area (Å²) >= 11 is 0. The molecule has 2 aromatic rings. The van der Waals surface area contributed by atoms with Gasteiger partial charge in [0.25, 0.3) is 0 Å². The van der Waals surface area contributed by atoms with Crippen molar-refractivity contribution in [3.63, 3.8) is 0 Å². The zero-order valence-corrected chi connectivity index (χ0v) is 11.1. The maximum atomic E-state index is 11.3. The highest BCUT2D eigenvalue weighted by atomic mass is 16.3. The van der Waals surface area contributed by atoms with Crippen LogP contribution in [0.4, 0.5) is 5.69 Å². The molecule has 98 valence electrons. The van der Waals surface area contributed by atoms with E-state index in [1.807, 2.05) is 26.0 Å². The highest BCUT2D eigenvalue weighted by Crippen LogP contribution is 2.33. The van der Waals surface area contributed by atoms with Crippen LogP contribution < -0.4 is 5.32 Å². The number of carbonyl (C=O) groups excluding carboxylic acids is 2. The lowest BCUT2D eigenvalue weighted by atomic mass is 10.0. The minimum absolute atomic E-state index is 0.143. The average Bonchev–Trinajstić information content (AvgIpc) is 2.80. The number of rotatable bonds is 3. The molecule has 0 unspecified atom stereocenters. The fraction of sp³-hybridized carbons (Fsp3) is 0.200. The van der Waals surface area contributed by atoms with E-state index in [4.69, 9.17) is 4.42 Å². The molecule has 1 aromatic heterocycles. The van der Waals surface area contributed by atoms with Gasteiger partial charge in [-0.15, -0.1) is 0 Å². The summed E-state index contributed by atoms with van der Waals surface area (Å²) in [4.78, 5) is 22.0. The summed E-state index contributed by atoms with van der Waals surface area (Å²) in [5, 5.41) is 2.81. The molecule has 0 spiro atoms. The van der Waals surface area contributed by atoms with Crippen LogP contribution in [0, 0.1) is 13.8 Å². The van der Waals surface area contributed by atoms with Crippen molar-refractivity contribution in [2.24, 2.45) is 0 Å². The van der Waals surface area contributed by atoms with Crippen LogP contribution in [0.2, 0.25) is 0 Å². The first-order chi connectivity index (χ1) is 9.01. The monoisotopic (exact) mass is 257 g/mol. The van der Waals surface area contributed by atoms with Gasteiger partial charge in [-0.25, -0.2) is 0 Å². The van der Waals surface area contributed by atoms with Gasteiger partial charge in [0.1, 0.15) is 5.76 Å². The summed E-state index contributed by atoms with van der Waals surface area (Å²) < 4.78 is 5.43. The van der Waals surface area contributed by atoms with Gasteiger partial charge in [-0.2, -0.15) is 0 Å². The fourth-order valence-corrected chi connectivity index (χ4v) is 2.06. The zero-order valence-electron chi connectivity index (χ0n) is 11.1. The van der Waals surface area contributed by atoms with Crippen molar-refractivity contribution >= 4 is 17.9 Å². The Morgan fingerprint density at radius 1 is 1.26 bits per heavy atom. The third kappa shape index (κ3) is 2.73. The van der Waals surface area contributed by atoms with E-state index in [2.05, 4.69) is 5.32 Å². The standard InChI is InChI=1S/C15H15NO3/c1-9-6-10(2)15(16-11(3)18)13(7-9)14-5-4-12(8-17)19-14/h4-8H,1-3H3,(H,16,18). The zero-order chi connectivity index (χ0) is 14.0. The number of nitrogens with one attached hydrogen (secondary N) is 1. The second-order valence-electron chi connectivity index (χ2n) is 4.51. The van der Waals surface area contributed by atoms with E-state index in [1.54, 1.807) is 12.1 Å². The molecule has 0 saturated carbocycles. The maximum absolute atomic E-state index is 11.3. The lowest BCUT2D eigenvalue weighted by Crippen LogP contribution is -2.08. The fourth-order valence-electron chi connectivity index (χ4n) is 2.06. The van der Waals surface area contributed by atoms with Gasteiger partial charge in [-0.3, -0.25) is 9.59 Å². The van der Waals surface area contributed by atoms with E-state index in [1.165, 1.54) is 6.92 Å². The summed E-state index contributed by atoms with van der Waals surface area (Å²) in [6.07, 6.45) is 0.657. The Morgan fingerprint density at radius 2 is 2.00 bits per heavy atom. The van der Waals surface area contributed by atoms with Gasteiger partial charge >= 0.3 is 0 Å². The number of furan rings is 1. The van der Waals surface area contributed by atoms with Gasteiger partial charge in [-0.05, 0) is 43.2 Å². The van der Waals surface area contributed by atoms with Crippen LogP contribution in [0.5, 0.6) is 0 Å². The SMILES string of the molecule is CC(=O)Nc1c(C)cc(C)cc1-c1ccc(C=O)o1. The van der Waals surface area contributed by atoms with Crippen molar-refractivity contribution in [2.45, 2.75) is 20.8 Å². The van der Waals surface area contributed by atoms with Gasteiger partial charge in [0.15, 0.2) is 12.0 Å². The molecule has 0 aliphatic carbocycles. The Bertz CT molecular complexity index is 641. The summed E-state index contributed by atoms with van der Waals surface area (Å²) in [5.41, 5.74) is 3.51. The number of hydrogen-bond donors (Lipinski definition) is 1. The average molecular weight is 257 g/mol. The molecule has 0 saturated heterocycles. The topological polar surface area (TPSA) is 59.3 Å². The van der Waals surface area contributed by atoms with Crippen LogP contribution in [0.25, 0.3) is 11.3 Å². The molecule has 4 heteroatoms. The number of aldehydes is 1. The number of hydrogen-bond acceptors (Lipinski definition) is 3. The van der Waals surface area contributed by atoms with E-state index >= 15 is 0 Å². The molecular formula is C15H15NO3. The molecule has 2 rings (SSSR count). The van der Waals surface area contributed by atoms with E-state index in [9.17, 15) is 9.59 Å². The molecule has 0 aliphatic heterocycles. The molecule has 0 bridgehead atoms. The second kappa shape index (κ2) is 5.10. The predicted octanol–water partition coefficient (Wildman–Crippen LogP) is 3.33. The maximum Gasteiger partial charge on any atom is 0.221 e. The molecule has 4 nitrogen and oxygen atoms in total. The highest BCUT2D eigenvalue weighted by molar-refractivity contribution is 5.95. The Kier molecular flexibility index (Phi) is 3.51. The summed E-state index contributed by atoms with van der Waals surface area (Å²) in [6, 6.07) is 7.24. The van der Waals surface area contributed by atoms with Crippen molar-refractivity contribution < 1.29 is 14.0 Å². The molecule has 0 fully saturated rings. The van der Waals surface area contributed by atoms with Gasteiger partial charge < -0.3 is 9.73 Å². The minimum Gasteiger partial charge on any atom is -0.453 e. The lowest BCUT2D eigenvalue weighted by molar-refractivity contribution is -0.114. The Morgan fingerprint density at radius 3 is 2.58 bits per heavy atom. The highest BCUT2D eigenvalue weighted by Gasteiger charge is 2.13. The molecule has 0 radical (unpaired) electrons. The van der Waals surface area contributed by atoms with Gasteiger partial charge in [0.2, 0.25) is 5.91 Å². The number of benzene rings is 1. The lowest BCUT2D eigenvalue weighted by Gasteiger charge is -2.12. The summed E-state index contributed by atoms with van der Waals surface area (Å²) in [7, 11) is 0. The molecule has 1 aromatic carbocycles. The minimum atomic E-state index is -0.143. The second-order valence-corrected chi connectivity index (χ2v) is 4.51. The smallest absolute Gasteiger partial charge is 0.221 e. The summed E-state index contributed by atoms with van der Waals surface area (Å²) in [6.45, 7) is 5.35. The molecule has 0 aliphatic rings. The molecule has 1 N–H and O–H groups in total. The first-order valence-corrected chi connectivity index (χ1v) is 5.95. The van der Waals surface area contributed by atoms with Crippen LogP contribution in [-0.2, 0) is 4.79 Å². The van der Waals surface area contributed by atoms with Crippen LogP contribution in [0.3, 0.4) is 0 Å². The molecule has 1 heterocycles. The number of anilines is 1. The van der Waals surface area contributed by atoms with Crippen molar-refractivity contribution in [1.29, 1.82) is 0 Å². The third-order valence-electron chi connectivity index (χ3n) is 2.79. The number of carbonyl (C=O) groups is 2. The molecule has 0 atom stereocenters. The van der Waals surface area contributed by atoms with E-state index in [0.717, 1.165) is 16.7 Å². The van der Waals surface area contributed by atoms with E-state index in [0.29, 0.717) is 17.7 Å². The quantitative estimate of drug-likeness (QED) is 0.858.